The topological polar surface area (TPSA) is 51.0 Å². The fourth-order valence-electron chi connectivity index (χ4n) is 3.04. The Kier molecular flexibility index (Phi) is 4.77. The number of amides is 1. The third kappa shape index (κ3) is 3.81. The van der Waals surface area contributed by atoms with Crippen LogP contribution in [-0.4, -0.2) is 44.8 Å². The first-order valence-electron chi connectivity index (χ1n) is 8.12. The first-order chi connectivity index (χ1) is 11.8. The van der Waals surface area contributed by atoms with Crippen molar-refractivity contribution >= 4 is 17.5 Å². The lowest BCUT2D eigenvalue weighted by molar-refractivity contribution is -0.0491. The molecule has 1 amide bonds. The average Bonchev–Trinajstić information content (AvgIpc) is 2.95. The third-order valence-corrected chi connectivity index (χ3v) is 4.81. The van der Waals surface area contributed by atoms with E-state index in [-0.39, 0.29) is 43.3 Å². The van der Waals surface area contributed by atoms with Crippen molar-refractivity contribution in [2.45, 2.75) is 44.6 Å². The summed E-state index contributed by atoms with van der Waals surface area (Å²) in [5.74, 6) is -2.92. The van der Waals surface area contributed by atoms with Crippen molar-refractivity contribution in [2.24, 2.45) is 0 Å². The zero-order valence-electron chi connectivity index (χ0n) is 14.0. The van der Waals surface area contributed by atoms with Gasteiger partial charge in [-0.2, -0.15) is 9.90 Å². The second kappa shape index (κ2) is 6.71. The minimum atomic E-state index is -2.62. The number of halogens is 3. The zero-order valence-corrected chi connectivity index (χ0v) is 14.8. The van der Waals surface area contributed by atoms with Crippen molar-refractivity contribution in [3.05, 3.63) is 40.7 Å². The van der Waals surface area contributed by atoms with Crippen LogP contribution in [0.1, 0.15) is 41.9 Å². The molecule has 3 rings (SSSR count). The van der Waals surface area contributed by atoms with E-state index in [1.165, 1.54) is 9.70 Å². The average molecular weight is 369 g/mol. The van der Waals surface area contributed by atoms with Gasteiger partial charge in [0.05, 0.1) is 11.4 Å². The predicted octanol–water partition coefficient (Wildman–Crippen LogP) is 3.88. The second-order valence-electron chi connectivity index (χ2n) is 6.41. The van der Waals surface area contributed by atoms with E-state index in [1.807, 2.05) is 0 Å². The van der Waals surface area contributed by atoms with Crippen molar-refractivity contribution in [1.29, 1.82) is 0 Å². The molecule has 1 aliphatic rings. The minimum Gasteiger partial charge on any atom is -0.337 e. The Morgan fingerprint density at radius 1 is 1.32 bits per heavy atom. The summed E-state index contributed by atoms with van der Waals surface area (Å²) in [6.07, 6.45) is 0.195. The summed E-state index contributed by atoms with van der Waals surface area (Å²) in [4.78, 5) is 15.6. The van der Waals surface area contributed by atoms with E-state index in [1.54, 1.807) is 38.2 Å². The van der Waals surface area contributed by atoms with Crippen LogP contribution in [0.25, 0.3) is 5.69 Å². The van der Waals surface area contributed by atoms with Gasteiger partial charge in [0.2, 0.25) is 5.92 Å². The molecule has 1 aliphatic carbocycles. The van der Waals surface area contributed by atoms with E-state index in [0.29, 0.717) is 16.4 Å². The Bertz CT molecular complexity index is 783. The van der Waals surface area contributed by atoms with Crippen LogP contribution in [0.5, 0.6) is 0 Å². The normalized spacial score (nSPS) is 17.5. The monoisotopic (exact) mass is 368 g/mol. The van der Waals surface area contributed by atoms with Crippen molar-refractivity contribution in [1.82, 2.24) is 19.9 Å². The van der Waals surface area contributed by atoms with Gasteiger partial charge in [-0.3, -0.25) is 4.79 Å². The Balaban J connectivity index is 1.78. The first-order valence-corrected chi connectivity index (χ1v) is 8.49. The van der Waals surface area contributed by atoms with E-state index >= 15 is 0 Å². The maximum Gasteiger partial charge on any atom is 0.276 e. The second-order valence-corrected chi connectivity index (χ2v) is 6.84. The number of aryl methyl sites for hydroxylation is 1. The van der Waals surface area contributed by atoms with Crippen LogP contribution in [0.4, 0.5) is 8.78 Å². The zero-order chi connectivity index (χ0) is 18.2. The lowest BCUT2D eigenvalue weighted by Crippen LogP contribution is -2.42. The molecule has 25 heavy (non-hydrogen) atoms. The molecule has 0 spiro atoms. The van der Waals surface area contributed by atoms with Crippen LogP contribution in [0, 0.1) is 6.92 Å². The van der Waals surface area contributed by atoms with E-state index in [4.69, 9.17) is 11.6 Å². The summed E-state index contributed by atoms with van der Waals surface area (Å²) >= 11 is 5.97. The lowest BCUT2D eigenvalue weighted by atomic mass is 9.91. The largest absolute Gasteiger partial charge is 0.337 e. The highest BCUT2D eigenvalue weighted by Crippen LogP contribution is 2.35. The number of hydrogen-bond acceptors (Lipinski definition) is 3. The van der Waals surface area contributed by atoms with Crippen LogP contribution in [0.15, 0.2) is 24.3 Å². The molecule has 1 aromatic heterocycles. The Labute approximate surface area is 149 Å². The third-order valence-electron chi connectivity index (χ3n) is 4.58. The number of hydrogen-bond donors (Lipinski definition) is 0. The van der Waals surface area contributed by atoms with Crippen LogP contribution in [0.2, 0.25) is 5.02 Å². The molecular formula is C17H19ClF2N4O. The van der Waals surface area contributed by atoms with Crippen LogP contribution in [-0.2, 0) is 0 Å². The molecule has 1 saturated carbocycles. The number of rotatable bonds is 3. The predicted molar refractivity (Wildman–Crippen MR) is 90.4 cm³/mol. The molecule has 0 radical (unpaired) electrons. The molecule has 0 aliphatic heterocycles. The summed E-state index contributed by atoms with van der Waals surface area (Å²) in [6, 6.07) is 6.78. The first kappa shape index (κ1) is 17.8. The number of aromatic nitrogens is 3. The molecule has 0 unspecified atom stereocenters. The summed E-state index contributed by atoms with van der Waals surface area (Å²) in [5.41, 5.74) is 1.35. The molecule has 1 aromatic carbocycles. The van der Waals surface area contributed by atoms with E-state index < -0.39 is 5.92 Å². The quantitative estimate of drug-likeness (QED) is 0.826. The summed E-state index contributed by atoms with van der Waals surface area (Å²) < 4.78 is 26.6. The maximum atomic E-state index is 13.3. The number of carbonyl (C=O) groups excluding carboxylic acids is 1. The highest BCUT2D eigenvalue weighted by Gasteiger charge is 2.37. The van der Waals surface area contributed by atoms with Crippen LogP contribution in [0.3, 0.4) is 0 Å². The molecule has 1 fully saturated rings. The highest BCUT2D eigenvalue weighted by molar-refractivity contribution is 6.30. The van der Waals surface area contributed by atoms with E-state index in [0.717, 1.165) is 0 Å². The van der Waals surface area contributed by atoms with Crippen molar-refractivity contribution in [3.8, 4) is 5.69 Å². The van der Waals surface area contributed by atoms with Gasteiger partial charge in [-0.1, -0.05) is 17.7 Å². The summed E-state index contributed by atoms with van der Waals surface area (Å²) in [7, 11) is 1.63. The fourth-order valence-corrected chi connectivity index (χ4v) is 3.22. The molecule has 8 heteroatoms. The highest BCUT2D eigenvalue weighted by atomic mass is 35.5. The van der Waals surface area contributed by atoms with E-state index in [9.17, 15) is 13.6 Å². The standard InChI is InChI=1S/C17H19ClF2N4O/c1-11-15(22-24(21-11)14-5-3-4-12(18)10-14)16(25)23(2)13-6-8-17(19,20)9-7-13/h3-5,10,13H,6-9H2,1-2H3. The molecule has 5 nitrogen and oxygen atoms in total. The van der Waals surface area contributed by atoms with Gasteiger partial charge in [0.1, 0.15) is 0 Å². The molecule has 134 valence electrons. The summed E-state index contributed by atoms with van der Waals surface area (Å²) in [6.45, 7) is 1.70. The van der Waals surface area contributed by atoms with Gasteiger partial charge in [0, 0.05) is 31.0 Å². The van der Waals surface area contributed by atoms with Crippen LogP contribution >= 0.6 is 11.6 Å². The number of alkyl halides is 2. The Morgan fingerprint density at radius 3 is 2.64 bits per heavy atom. The SMILES string of the molecule is Cc1nn(-c2cccc(Cl)c2)nc1C(=O)N(C)C1CCC(F)(F)CC1. The summed E-state index contributed by atoms with van der Waals surface area (Å²) in [5, 5.41) is 9.09. The number of nitrogens with zero attached hydrogens (tertiary/aromatic N) is 4. The molecular weight excluding hydrogens is 350 g/mol. The molecule has 0 atom stereocenters. The number of carbonyl (C=O) groups is 1. The van der Waals surface area contributed by atoms with Crippen molar-refractivity contribution < 1.29 is 13.6 Å². The van der Waals surface area contributed by atoms with E-state index in [2.05, 4.69) is 10.2 Å². The van der Waals surface area contributed by atoms with Crippen molar-refractivity contribution in [2.75, 3.05) is 7.05 Å². The maximum absolute atomic E-state index is 13.3. The molecule has 1 heterocycles. The minimum absolute atomic E-state index is 0.191. The van der Waals surface area contributed by atoms with Gasteiger partial charge in [-0.15, -0.1) is 5.10 Å². The van der Waals surface area contributed by atoms with Gasteiger partial charge in [-0.25, -0.2) is 8.78 Å². The smallest absolute Gasteiger partial charge is 0.276 e. The van der Waals surface area contributed by atoms with Crippen LogP contribution < -0.4 is 0 Å². The van der Waals surface area contributed by atoms with Gasteiger partial charge in [0.15, 0.2) is 5.69 Å². The lowest BCUT2D eigenvalue weighted by Gasteiger charge is -2.34. The van der Waals surface area contributed by atoms with Gasteiger partial charge in [-0.05, 0) is 38.0 Å². The van der Waals surface area contributed by atoms with Gasteiger partial charge < -0.3 is 4.90 Å². The van der Waals surface area contributed by atoms with Gasteiger partial charge in [0.25, 0.3) is 5.91 Å². The molecule has 0 bridgehead atoms. The molecule has 0 N–H and O–H groups in total. The molecule has 0 saturated heterocycles. The molecule has 2 aromatic rings. The Morgan fingerprint density at radius 2 is 2.00 bits per heavy atom. The Hall–Kier alpha value is -2.02. The van der Waals surface area contributed by atoms with Gasteiger partial charge >= 0.3 is 0 Å². The van der Waals surface area contributed by atoms with Crippen molar-refractivity contribution in [3.63, 3.8) is 0 Å². The fraction of sp³-hybridized carbons (Fsp3) is 0.471. The number of benzene rings is 1.